The molecule has 96 valence electrons. The first-order valence-corrected chi connectivity index (χ1v) is 7.85. The topological polar surface area (TPSA) is 20.7 Å². The number of hydrogen-bond donors (Lipinski definition) is 1. The summed E-state index contributed by atoms with van der Waals surface area (Å²) in [6, 6.07) is 0. The quantitative estimate of drug-likeness (QED) is 0.834. The van der Waals surface area contributed by atoms with Crippen LogP contribution in [0.3, 0.4) is 0 Å². The molecule has 1 aliphatic carbocycles. The lowest BCUT2D eigenvalue weighted by molar-refractivity contribution is 0.312. The van der Waals surface area contributed by atoms with Gasteiger partial charge in [0.25, 0.3) is 0 Å². The third kappa shape index (κ3) is 2.48. The largest absolute Gasteiger partial charge is 0.337 e. The van der Waals surface area contributed by atoms with Crippen LogP contribution in [0.25, 0.3) is 0 Å². The number of thioether (sulfide) groups is 1. The molecule has 1 heterocycles. The van der Waals surface area contributed by atoms with E-state index in [1.807, 2.05) is 11.8 Å². The Morgan fingerprint density at radius 1 is 1.47 bits per heavy atom. The number of rotatable bonds is 3. The van der Waals surface area contributed by atoms with E-state index >= 15 is 0 Å². The summed E-state index contributed by atoms with van der Waals surface area (Å²) in [5.74, 6) is 0. The van der Waals surface area contributed by atoms with Crippen LogP contribution in [0.5, 0.6) is 0 Å². The Kier molecular flexibility index (Phi) is 3.47. The number of aromatic nitrogens is 2. The van der Waals surface area contributed by atoms with Crippen LogP contribution in [0, 0.1) is 4.77 Å². The minimum atomic E-state index is 0.150. The molecule has 2 nitrogen and oxygen atoms in total. The number of imidazole rings is 1. The van der Waals surface area contributed by atoms with Gasteiger partial charge in [-0.1, -0.05) is 27.2 Å². The van der Waals surface area contributed by atoms with Crippen molar-refractivity contribution in [2.75, 3.05) is 6.26 Å². The molecule has 0 aromatic carbocycles. The maximum absolute atomic E-state index is 5.43. The van der Waals surface area contributed by atoms with Crippen LogP contribution in [-0.4, -0.2) is 20.6 Å². The van der Waals surface area contributed by atoms with Gasteiger partial charge in [-0.15, -0.1) is 0 Å². The number of nitrogens with one attached hydrogen (secondary N) is 1. The van der Waals surface area contributed by atoms with Crippen molar-refractivity contribution in [1.29, 1.82) is 0 Å². The number of nitrogens with zero attached hydrogens (tertiary/aromatic N) is 1. The van der Waals surface area contributed by atoms with Crippen LogP contribution in [0.15, 0.2) is 6.20 Å². The fourth-order valence-corrected chi connectivity index (χ4v) is 3.64. The van der Waals surface area contributed by atoms with Crippen LogP contribution in [-0.2, 0) is 12.0 Å². The van der Waals surface area contributed by atoms with E-state index in [1.54, 1.807) is 0 Å². The van der Waals surface area contributed by atoms with Gasteiger partial charge in [-0.25, -0.2) is 0 Å². The van der Waals surface area contributed by atoms with Crippen molar-refractivity contribution >= 4 is 24.0 Å². The van der Waals surface area contributed by atoms with E-state index in [-0.39, 0.29) is 5.41 Å². The zero-order chi connectivity index (χ0) is 12.7. The molecule has 2 rings (SSSR count). The first kappa shape index (κ1) is 13.2. The molecule has 1 aromatic heterocycles. The van der Waals surface area contributed by atoms with Crippen LogP contribution in [0.1, 0.15) is 45.7 Å². The van der Waals surface area contributed by atoms with E-state index in [0.717, 1.165) is 11.3 Å². The third-order valence-corrected chi connectivity index (χ3v) is 5.52. The molecule has 4 heteroatoms. The molecule has 0 spiro atoms. The third-order valence-electron chi connectivity index (χ3n) is 3.78. The van der Waals surface area contributed by atoms with E-state index in [1.165, 1.54) is 25.0 Å². The molecule has 1 saturated carbocycles. The number of aromatic amines is 1. The molecule has 1 aliphatic rings. The van der Waals surface area contributed by atoms with Crippen molar-refractivity contribution in [3.8, 4) is 0 Å². The summed E-state index contributed by atoms with van der Waals surface area (Å²) in [5.41, 5.74) is 1.47. The van der Waals surface area contributed by atoms with Crippen LogP contribution in [0.2, 0.25) is 0 Å². The van der Waals surface area contributed by atoms with Crippen molar-refractivity contribution in [2.24, 2.45) is 0 Å². The molecule has 0 amide bonds. The Hall–Kier alpha value is -0.220. The predicted octanol–water partition coefficient (Wildman–Crippen LogP) is 4.13. The van der Waals surface area contributed by atoms with Gasteiger partial charge in [-0.05, 0) is 31.3 Å². The fourth-order valence-electron chi connectivity index (χ4n) is 2.46. The van der Waals surface area contributed by atoms with E-state index in [4.69, 9.17) is 12.2 Å². The van der Waals surface area contributed by atoms with Gasteiger partial charge in [0.1, 0.15) is 0 Å². The summed E-state index contributed by atoms with van der Waals surface area (Å²) in [6.45, 7) is 7.79. The summed E-state index contributed by atoms with van der Waals surface area (Å²) in [4.78, 5) is 3.21. The normalized spacial score (nSPS) is 19.1. The summed E-state index contributed by atoms with van der Waals surface area (Å²) < 4.78 is 3.61. The Balaban J connectivity index is 2.32. The van der Waals surface area contributed by atoms with E-state index < -0.39 is 0 Å². The molecule has 0 aliphatic heterocycles. The van der Waals surface area contributed by atoms with Crippen LogP contribution in [0.4, 0.5) is 0 Å². The summed E-state index contributed by atoms with van der Waals surface area (Å²) in [6.07, 6.45) is 8.32. The van der Waals surface area contributed by atoms with Crippen molar-refractivity contribution in [2.45, 2.75) is 56.7 Å². The smallest absolute Gasteiger partial charge is 0.177 e. The van der Waals surface area contributed by atoms with Gasteiger partial charge in [0.2, 0.25) is 0 Å². The van der Waals surface area contributed by atoms with Gasteiger partial charge in [0.15, 0.2) is 4.77 Å². The minimum Gasteiger partial charge on any atom is -0.337 e. The fraction of sp³-hybridized carbons (Fsp3) is 0.769. The standard InChI is InChI=1S/C13H22N2S2/c1-12(2,3)10-8-14-11(16)15(10)9-13(17-4)6-5-7-13/h8H,5-7,9H2,1-4H3,(H,14,16). The van der Waals surface area contributed by atoms with Crippen molar-refractivity contribution in [1.82, 2.24) is 9.55 Å². The zero-order valence-corrected chi connectivity index (χ0v) is 12.8. The van der Waals surface area contributed by atoms with Gasteiger partial charge in [0, 0.05) is 28.6 Å². The number of hydrogen-bond acceptors (Lipinski definition) is 2. The molecule has 1 aromatic rings. The Morgan fingerprint density at radius 3 is 2.53 bits per heavy atom. The molecule has 0 atom stereocenters. The minimum absolute atomic E-state index is 0.150. The van der Waals surface area contributed by atoms with Gasteiger partial charge < -0.3 is 9.55 Å². The lowest BCUT2D eigenvalue weighted by Crippen LogP contribution is -2.39. The Bertz CT molecular complexity index is 441. The summed E-state index contributed by atoms with van der Waals surface area (Å²) in [5, 5.41) is 0. The molecule has 0 bridgehead atoms. The van der Waals surface area contributed by atoms with Crippen LogP contribution < -0.4 is 0 Å². The van der Waals surface area contributed by atoms with Gasteiger partial charge >= 0.3 is 0 Å². The highest BCUT2D eigenvalue weighted by molar-refractivity contribution is 8.00. The molecule has 0 saturated heterocycles. The van der Waals surface area contributed by atoms with Gasteiger partial charge in [-0.2, -0.15) is 11.8 Å². The van der Waals surface area contributed by atoms with Gasteiger partial charge in [-0.3, -0.25) is 0 Å². The first-order valence-electron chi connectivity index (χ1n) is 6.22. The monoisotopic (exact) mass is 270 g/mol. The highest BCUT2D eigenvalue weighted by Crippen LogP contribution is 2.44. The average Bonchev–Trinajstić information content (AvgIpc) is 2.53. The predicted molar refractivity (Wildman–Crippen MR) is 78.4 cm³/mol. The molecular formula is C13H22N2S2. The summed E-state index contributed by atoms with van der Waals surface area (Å²) >= 11 is 7.43. The maximum atomic E-state index is 5.43. The molecule has 1 fully saturated rings. The van der Waals surface area contributed by atoms with E-state index in [9.17, 15) is 0 Å². The Morgan fingerprint density at radius 2 is 2.12 bits per heavy atom. The van der Waals surface area contributed by atoms with Crippen LogP contribution >= 0.6 is 24.0 Å². The average molecular weight is 270 g/mol. The second kappa shape index (κ2) is 4.47. The van der Waals surface area contributed by atoms with Crippen molar-refractivity contribution in [3.63, 3.8) is 0 Å². The lowest BCUT2D eigenvalue weighted by atomic mass is 9.83. The second-order valence-corrected chi connectivity index (χ2v) is 7.72. The second-order valence-electron chi connectivity index (χ2n) is 6.06. The lowest BCUT2D eigenvalue weighted by Gasteiger charge is -2.41. The molecule has 17 heavy (non-hydrogen) atoms. The van der Waals surface area contributed by atoms with E-state index in [0.29, 0.717) is 4.75 Å². The molecule has 0 unspecified atom stereocenters. The zero-order valence-electron chi connectivity index (χ0n) is 11.2. The molecule has 0 radical (unpaired) electrons. The van der Waals surface area contributed by atoms with E-state index in [2.05, 4.69) is 42.8 Å². The van der Waals surface area contributed by atoms with Crippen molar-refractivity contribution < 1.29 is 0 Å². The van der Waals surface area contributed by atoms with Crippen molar-refractivity contribution in [3.05, 3.63) is 16.7 Å². The molecule has 1 N–H and O–H groups in total. The van der Waals surface area contributed by atoms with Gasteiger partial charge in [0.05, 0.1) is 0 Å². The molecular weight excluding hydrogens is 248 g/mol. The Labute approximate surface area is 113 Å². The highest BCUT2D eigenvalue weighted by Gasteiger charge is 2.37. The highest BCUT2D eigenvalue weighted by atomic mass is 32.2. The number of H-pyrrole nitrogens is 1. The first-order chi connectivity index (χ1) is 7.88. The summed E-state index contributed by atoms with van der Waals surface area (Å²) in [7, 11) is 0. The SMILES string of the molecule is CSC1(Cn2c(C(C)(C)C)c[nH]c2=S)CCC1. The maximum Gasteiger partial charge on any atom is 0.177 e.